The highest BCUT2D eigenvalue weighted by molar-refractivity contribution is 5.37. The summed E-state index contributed by atoms with van der Waals surface area (Å²) in [5.41, 5.74) is 1.35. The van der Waals surface area contributed by atoms with Gasteiger partial charge in [-0.1, -0.05) is 32.0 Å². The normalized spacial score (nSPS) is 34.4. The van der Waals surface area contributed by atoms with Gasteiger partial charge in [-0.15, -0.1) is 0 Å². The molecule has 1 aromatic carbocycles. The monoisotopic (exact) mass is 259 g/mol. The van der Waals surface area contributed by atoms with E-state index in [0.29, 0.717) is 12.1 Å². The molecule has 1 aromatic rings. The lowest BCUT2D eigenvalue weighted by Gasteiger charge is -2.36. The Morgan fingerprint density at radius 3 is 2.58 bits per heavy atom. The summed E-state index contributed by atoms with van der Waals surface area (Å²) >= 11 is 0. The minimum absolute atomic E-state index is 0.479. The van der Waals surface area contributed by atoms with Gasteiger partial charge in [-0.3, -0.25) is 0 Å². The summed E-state index contributed by atoms with van der Waals surface area (Å²) in [4.78, 5) is 0. The van der Waals surface area contributed by atoms with Crippen LogP contribution in [0.25, 0.3) is 0 Å². The maximum absolute atomic E-state index is 5.75. The quantitative estimate of drug-likeness (QED) is 0.869. The van der Waals surface area contributed by atoms with Gasteiger partial charge in [-0.2, -0.15) is 0 Å². The number of hydrogen-bond donors (Lipinski definition) is 1. The summed E-state index contributed by atoms with van der Waals surface area (Å²) in [6.45, 7) is 5.62. The van der Waals surface area contributed by atoms with Crippen LogP contribution in [0.2, 0.25) is 0 Å². The first-order valence-electron chi connectivity index (χ1n) is 7.70. The van der Waals surface area contributed by atoms with E-state index in [1.807, 2.05) is 0 Å². The number of fused-ring (bicyclic) bond motifs is 1. The van der Waals surface area contributed by atoms with Crippen molar-refractivity contribution in [1.82, 2.24) is 5.32 Å². The van der Waals surface area contributed by atoms with Crippen LogP contribution >= 0.6 is 0 Å². The average molecular weight is 259 g/mol. The van der Waals surface area contributed by atoms with E-state index in [1.165, 1.54) is 24.8 Å². The number of ether oxygens (including phenoxy) is 1. The molecule has 2 nitrogen and oxygen atoms in total. The van der Waals surface area contributed by atoms with Crippen LogP contribution in [0, 0.1) is 11.8 Å². The molecule has 0 spiro atoms. The largest absolute Gasteiger partial charge is 0.493 e. The third-order valence-corrected chi connectivity index (χ3v) is 4.57. The van der Waals surface area contributed by atoms with E-state index in [2.05, 4.69) is 43.4 Å². The van der Waals surface area contributed by atoms with E-state index in [1.54, 1.807) is 0 Å². The van der Waals surface area contributed by atoms with Crippen LogP contribution in [0.15, 0.2) is 24.3 Å². The van der Waals surface area contributed by atoms with Crippen molar-refractivity contribution in [3.63, 3.8) is 0 Å². The number of rotatable bonds is 2. The molecule has 0 amide bonds. The standard InChI is InChI=1S/C17H25NO/c1-12-9-13(2)11-14(10-12)18-16-7-8-19-17-6-4-3-5-15(16)17/h3-6,12-14,16,18H,7-11H2,1-2H3. The topological polar surface area (TPSA) is 21.3 Å². The molecule has 19 heavy (non-hydrogen) atoms. The summed E-state index contributed by atoms with van der Waals surface area (Å²) in [6.07, 6.45) is 5.13. The molecule has 0 saturated heterocycles. The molecule has 2 aliphatic rings. The number of hydrogen-bond acceptors (Lipinski definition) is 2. The predicted octanol–water partition coefficient (Wildman–Crippen LogP) is 3.92. The second kappa shape index (κ2) is 5.54. The average Bonchev–Trinajstić information content (AvgIpc) is 2.38. The van der Waals surface area contributed by atoms with Crippen molar-refractivity contribution in [3.05, 3.63) is 29.8 Å². The molecule has 1 aliphatic carbocycles. The maximum atomic E-state index is 5.75. The third kappa shape index (κ3) is 2.94. The zero-order valence-electron chi connectivity index (χ0n) is 12.1. The van der Waals surface area contributed by atoms with E-state index in [4.69, 9.17) is 4.74 Å². The van der Waals surface area contributed by atoms with E-state index < -0.39 is 0 Å². The highest BCUT2D eigenvalue weighted by atomic mass is 16.5. The Morgan fingerprint density at radius 1 is 1.05 bits per heavy atom. The van der Waals surface area contributed by atoms with Crippen molar-refractivity contribution in [2.45, 2.75) is 51.6 Å². The molecule has 2 heteroatoms. The van der Waals surface area contributed by atoms with Crippen molar-refractivity contribution in [2.75, 3.05) is 6.61 Å². The fourth-order valence-electron chi connectivity index (χ4n) is 3.88. The summed E-state index contributed by atoms with van der Waals surface area (Å²) < 4.78 is 5.75. The van der Waals surface area contributed by atoms with Crippen molar-refractivity contribution < 1.29 is 4.74 Å². The highest BCUT2D eigenvalue weighted by Gasteiger charge is 2.28. The minimum Gasteiger partial charge on any atom is -0.493 e. The molecule has 0 bridgehead atoms. The van der Waals surface area contributed by atoms with Gasteiger partial charge in [0.15, 0.2) is 0 Å². The molecular weight excluding hydrogens is 234 g/mol. The SMILES string of the molecule is CC1CC(C)CC(NC2CCOc3ccccc32)C1. The molecule has 0 aromatic heterocycles. The zero-order valence-corrected chi connectivity index (χ0v) is 12.1. The summed E-state index contributed by atoms with van der Waals surface area (Å²) in [6, 6.07) is 9.64. The molecule has 3 unspecified atom stereocenters. The van der Waals surface area contributed by atoms with Crippen molar-refractivity contribution >= 4 is 0 Å². The highest BCUT2D eigenvalue weighted by Crippen LogP contribution is 2.35. The molecule has 1 heterocycles. The summed E-state index contributed by atoms with van der Waals surface area (Å²) in [7, 11) is 0. The second-order valence-corrected chi connectivity index (χ2v) is 6.51. The lowest BCUT2D eigenvalue weighted by molar-refractivity contribution is 0.197. The number of para-hydroxylation sites is 1. The second-order valence-electron chi connectivity index (χ2n) is 6.51. The summed E-state index contributed by atoms with van der Waals surface area (Å²) in [5.74, 6) is 2.79. The maximum Gasteiger partial charge on any atom is 0.124 e. The van der Waals surface area contributed by atoms with Crippen LogP contribution in [0.3, 0.4) is 0 Å². The van der Waals surface area contributed by atoms with Crippen LogP contribution in [0.1, 0.15) is 51.1 Å². The molecule has 1 N–H and O–H groups in total. The van der Waals surface area contributed by atoms with Gasteiger partial charge in [-0.05, 0) is 37.2 Å². The van der Waals surface area contributed by atoms with Crippen molar-refractivity contribution in [1.29, 1.82) is 0 Å². The molecule has 3 rings (SSSR count). The Hall–Kier alpha value is -1.02. The fraction of sp³-hybridized carbons (Fsp3) is 0.647. The summed E-state index contributed by atoms with van der Waals surface area (Å²) in [5, 5.41) is 3.89. The molecule has 1 fully saturated rings. The van der Waals surface area contributed by atoms with Gasteiger partial charge >= 0.3 is 0 Å². The molecule has 3 atom stereocenters. The van der Waals surface area contributed by atoms with Crippen LogP contribution in [0.5, 0.6) is 5.75 Å². The first kappa shape index (κ1) is 13.0. The van der Waals surface area contributed by atoms with Gasteiger partial charge in [0.25, 0.3) is 0 Å². The van der Waals surface area contributed by atoms with E-state index in [9.17, 15) is 0 Å². The van der Waals surface area contributed by atoms with Gasteiger partial charge in [-0.25, -0.2) is 0 Å². The lowest BCUT2D eigenvalue weighted by atomic mass is 9.80. The Labute approximate surface area is 116 Å². The predicted molar refractivity (Wildman–Crippen MR) is 78.4 cm³/mol. The van der Waals surface area contributed by atoms with Gasteiger partial charge in [0, 0.05) is 24.1 Å². The first-order valence-corrected chi connectivity index (χ1v) is 7.70. The van der Waals surface area contributed by atoms with Gasteiger partial charge in [0.2, 0.25) is 0 Å². The Kier molecular flexibility index (Phi) is 3.79. The van der Waals surface area contributed by atoms with Gasteiger partial charge in [0.05, 0.1) is 6.61 Å². The third-order valence-electron chi connectivity index (χ3n) is 4.57. The van der Waals surface area contributed by atoms with Crippen LogP contribution in [0.4, 0.5) is 0 Å². The molecule has 1 saturated carbocycles. The first-order chi connectivity index (χ1) is 9.22. The zero-order chi connectivity index (χ0) is 13.2. The fourth-order valence-corrected chi connectivity index (χ4v) is 3.88. The van der Waals surface area contributed by atoms with E-state index in [-0.39, 0.29) is 0 Å². The molecule has 0 radical (unpaired) electrons. The smallest absolute Gasteiger partial charge is 0.124 e. The van der Waals surface area contributed by atoms with Gasteiger partial charge in [0.1, 0.15) is 5.75 Å². The van der Waals surface area contributed by atoms with Crippen LogP contribution in [-0.2, 0) is 0 Å². The molecule has 1 aliphatic heterocycles. The van der Waals surface area contributed by atoms with Gasteiger partial charge < -0.3 is 10.1 Å². The minimum atomic E-state index is 0.479. The van der Waals surface area contributed by atoms with Crippen molar-refractivity contribution in [3.8, 4) is 5.75 Å². The number of nitrogens with one attached hydrogen (secondary N) is 1. The Bertz CT molecular complexity index is 421. The molecular formula is C17H25NO. The van der Waals surface area contributed by atoms with E-state index >= 15 is 0 Å². The molecule has 104 valence electrons. The lowest BCUT2D eigenvalue weighted by Crippen LogP contribution is -2.40. The van der Waals surface area contributed by atoms with Crippen molar-refractivity contribution in [2.24, 2.45) is 11.8 Å². The van der Waals surface area contributed by atoms with E-state index in [0.717, 1.165) is 30.6 Å². The van der Waals surface area contributed by atoms with Crippen LogP contribution < -0.4 is 10.1 Å². The Balaban J connectivity index is 1.70. The van der Waals surface area contributed by atoms with Crippen LogP contribution in [-0.4, -0.2) is 12.6 Å². The Morgan fingerprint density at radius 2 is 1.79 bits per heavy atom. The number of benzene rings is 1.